The van der Waals surface area contributed by atoms with Gasteiger partial charge in [0.25, 0.3) is 0 Å². The third-order valence-corrected chi connectivity index (χ3v) is 7.71. The van der Waals surface area contributed by atoms with Gasteiger partial charge in [-0.05, 0) is 80.8 Å². The van der Waals surface area contributed by atoms with Crippen molar-refractivity contribution >= 4 is 5.97 Å². The summed E-state index contributed by atoms with van der Waals surface area (Å²) in [6.07, 6.45) is 3.57. The molecule has 0 saturated carbocycles. The van der Waals surface area contributed by atoms with Gasteiger partial charge >= 0.3 is 5.97 Å². The number of carbonyl (C=O) groups is 1. The number of hydrogen-bond acceptors (Lipinski definition) is 4. The lowest BCUT2D eigenvalue weighted by Crippen LogP contribution is -2.38. The molecule has 0 fully saturated rings. The second-order valence-corrected chi connectivity index (χ2v) is 10.7. The summed E-state index contributed by atoms with van der Waals surface area (Å²) in [5, 5.41) is 35.7. The fourth-order valence-electron chi connectivity index (χ4n) is 5.17. The normalized spacial score (nSPS) is 13.7. The van der Waals surface area contributed by atoms with Gasteiger partial charge in [-0.1, -0.05) is 98.3 Å². The van der Waals surface area contributed by atoms with Crippen LogP contribution in [0.3, 0.4) is 0 Å². The zero-order valence-corrected chi connectivity index (χ0v) is 22.9. The van der Waals surface area contributed by atoms with Gasteiger partial charge in [-0.3, -0.25) is 4.79 Å². The predicted molar refractivity (Wildman–Crippen MR) is 153 cm³/mol. The first-order valence-electron chi connectivity index (χ1n) is 13.8. The van der Waals surface area contributed by atoms with Crippen molar-refractivity contribution in [2.75, 3.05) is 13.1 Å². The highest BCUT2D eigenvalue weighted by Crippen LogP contribution is 2.40. The van der Waals surface area contributed by atoms with Gasteiger partial charge in [0.15, 0.2) is 0 Å². The standard InChI is InChI=1S/C33H43NO4/c1-4-12-27(33(38,28-13-7-5-8-14-28)29-15-9-6-10-16-29)22-24-34-23-11-17-30(35)25-18-20-26(21-19-25)32(2,3)31(36)37/h5-10,13-16,18-21,27,30,34-35,38H,4,11-12,17,22-24H2,1-3H3,(H,36,37). The molecule has 0 aromatic heterocycles. The van der Waals surface area contributed by atoms with Crippen LogP contribution in [-0.2, 0) is 15.8 Å². The Labute approximate surface area is 227 Å². The number of aliphatic carboxylic acids is 1. The Morgan fingerprint density at radius 3 is 1.84 bits per heavy atom. The van der Waals surface area contributed by atoms with E-state index in [1.165, 1.54) is 0 Å². The minimum absolute atomic E-state index is 0.0592. The molecule has 0 radical (unpaired) electrons. The predicted octanol–water partition coefficient (Wildman–Crippen LogP) is 6.19. The number of carboxylic acids is 1. The Kier molecular flexibility index (Phi) is 10.7. The highest BCUT2D eigenvalue weighted by molar-refractivity contribution is 5.80. The van der Waals surface area contributed by atoms with Gasteiger partial charge < -0.3 is 20.6 Å². The molecule has 3 rings (SSSR count). The lowest BCUT2D eigenvalue weighted by atomic mass is 9.73. The Morgan fingerprint density at radius 1 is 0.789 bits per heavy atom. The van der Waals surface area contributed by atoms with Crippen LogP contribution in [0.1, 0.15) is 81.2 Å². The van der Waals surface area contributed by atoms with Gasteiger partial charge in [-0.25, -0.2) is 0 Å². The largest absolute Gasteiger partial charge is 0.481 e. The maximum Gasteiger partial charge on any atom is 0.313 e. The van der Waals surface area contributed by atoms with Crippen molar-refractivity contribution in [3.8, 4) is 0 Å². The molecule has 0 bridgehead atoms. The van der Waals surface area contributed by atoms with E-state index in [0.29, 0.717) is 6.42 Å². The average Bonchev–Trinajstić information content (AvgIpc) is 2.94. The molecule has 0 saturated heterocycles. The van der Waals surface area contributed by atoms with Crippen LogP contribution < -0.4 is 5.32 Å². The smallest absolute Gasteiger partial charge is 0.313 e. The Morgan fingerprint density at radius 2 is 1.34 bits per heavy atom. The summed E-state index contributed by atoms with van der Waals surface area (Å²) < 4.78 is 0. The van der Waals surface area contributed by atoms with Crippen LogP contribution >= 0.6 is 0 Å². The van der Waals surface area contributed by atoms with Crippen molar-refractivity contribution in [3.05, 3.63) is 107 Å². The number of nitrogens with one attached hydrogen (secondary N) is 1. The summed E-state index contributed by atoms with van der Waals surface area (Å²) in [4.78, 5) is 11.5. The first-order chi connectivity index (χ1) is 18.2. The van der Waals surface area contributed by atoms with Gasteiger partial charge in [-0.15, -0.1) is 0 Å². The summed E-state index contributed by atoms with van der Waals surface area (Å²) in [6.45, 7) is 7.07. The number of aliphatic hydroxyl groups excluding tert-OH is 1. The topological polar surface area (TPSA) is 89.8 Å². The van der Waals surface area contributed by atoms with E-state index in [-0.39, 0.29) is 5.92 Å². The van der Waals surface area contributed by atoms with Crippen molar-refractivity contribution < 1.29 is 20.1 Å². The molecule has 2 unspecified atom stereocenters. The minimum atomic E-state index is -1.06. The third kappa shape index (κ3) is 7.10. The van der Waals surface area contributed by atoms with E-state index in [4.69, 9.17) is 0 Å². The molecule has 4 N–H and O–H groups in total. The quantitative estimate of drug-likeness (QED) is 0.180. The van der Waals surface area contributed by atoms with Crippen LogP contribution in [0.2, 0.25) is 0 Å². The van der Waals surface area contributed by atoms with E-state index < -0.39 is 23.1 Å². The van der Waals surface area contributed by atoms with E-state index in [2.05, 4.69) is 12.2 Å². The van der Waals surface area contributed by atoms with Crippen molar-refractivity contribution in [2.45, 2.75) is 70.0 Å². The SMILES string of the molecule is CCCC(CCNCCCC(O)c1ccc(C(C)(C)C(=O)O)cc1)C(O)(c1ccccc1)c1ccccc1. The minimum Gasteiger partial charge on any atom is -0.481 e. The monoisotopic (exact) mass is 517 g/mol. The molecule has 3 aromatic carbocycles. The van der Waals surface area contributed by atoms with Gasteiger partial charge in [0.05, 0.1) is 11.5 Å². The summed E-state index contributed by atoms with van der Waals surface area (Å²) in [7, 11) is 0. The molecule has 0 heterocycles. The van der Waals surface area contributed by atoms with E-state index in [1.54, 1.807) is 26.0 Å². The van der Waals surface area contributed by atoms with E-state index in [9.17, 15) is 20.1 Å². The van der Waals surface area contributed by atoms with E-state index >= 15 is 0 Å². The molecule has 204 valence electrons. The van der Waals surface area contributed by atoms with E-state index in [1.807, 2.05) is 72.8 Å². The number of hydrogen-bond donors (Lipinski definition) is 4. The molecule has 0 aliphatic rings. The second-order valence-electron chi connectivity index (χ2n) is 10.7. The summed E-state index contributed by atoms with van der Waals surface area (Å²) in [5.74, 6) is -0.812. The maximum atomic E-state index is 12.2. The van der Waals surface area contributed by atoms with Crippen molar-refractivity contribution in [3.63, 3.8) is 0 Å². The van der Waals surface area contributed by atoms with Crippen molar-refractivity contribution in [1.29, 1.82) is 0 Å². The van der Waals surface area contributed by atoms with Crippen LogP contribution in [0.5, 0.6) is 0 Å². The molecule has 0 spiro atoms. The molecule has 0 aliphatic heterocycles. The summed E-state index contributed by atoms with van der Waals surface area (Å²) >= 11 is 0. The van der Waals surface area contributed by atoms with Crippen molar-refractivity contribution in [2.24, 2.45) is 5.92 Å². The number of aliphatic hydroxyl groups is 2. The summed E-state index contributed by atoms with van der Waals surface area (Å²) in [6, 6.07) is 27.2. The zero-order chi connectivity index (χ0) is 27.6. The Bertz CT molecular complexity index is 1070. The van der Waals surface area contributed by atoms with E-state index in [0.717, 1.165) is 61.0 Å². The first kappa shape index (κ1) is 29.6. The Hall–Kier alpha value is -2.99. The van der Waals surface area contributed by atoms with Gasteiger partial charge in [0.2, 0.25) is 0 Å². The number of rotatable bonds is 15. The fraction of sp³-hybridized carbons (Fsp3) is 0.424. The molecule has 0 amide bonds. The molecular weight excluding hydrogens is 474 g/mol. The zero-order valence-electron chi connectivity index (χ0n) is 22.9. The molecule has 0 aliphatic carbocycles. The maximum absolute atomic E-state index is 12.2. The van der Waals surface area contributed by atoms with Crippen molar-refractivity contribution in [1.82, 2.24) is 5.32 Å². The molecule has 38 heavy (non-hydrogen) atoms. The highest BCUT2D eigenvalue weighted by Gasteiger charge is 2.39. The van der Waals surface area contributed by atoms with Crippen LogP contribution in [0.15, 0.2) is 84.9 Å². The molecule has 2 atom stereocenters. The highest BCUT2D eigenvalue weighted by atomic mass is 16.4. The van der Waals surface area contributed by atoms with Crippen LogP contribution in [-0.4, -0.2) is 34.4 Å². The summed E-state index contributed by atoms with van der Waals surface area (Å²) in [5.41, 5.74) is 1.34. The lowest BCUT2D eigenvalue weighted by Gasteiger charge is -2.38. The number of benzene rings is 3. The second kappa shape index (κ2) is 13.7. The molecular formula is C33H43NO4. The average molecular weight is 518 g/mol. The fourth-order valence-corrected chi connectivity index (χ4v) is 5.17. The molecule has 5 heteroatoms. The Balaban J connectivity index is 1.54. The number of carboxylic acid groups (broad SMARTS) is 1. The molecule has 5 nitrogen and oxygen atoms in total. The van der Waals surface area contributed by atoms with Gasteiger partial charge in [0, 0.05) is 0 Å². The van der Waals surface area contributed by atoms with Crippen LogP contribution in [0, 0.1) is 5.92 Å². The van der Waals surface area contributed by atoms with Gasteiger partial charge in [-0.2, -0.15) is 0 Å². The molecule has 3 aromatic rings. The third-order valence-electron chi connectivity index (χ3n) is 7.71. The first-order valence-corrected chi connectivity index (χ1v) is 13.8. The lowest BCUT2D eigenvalue weighted by molar-refractivity contribution is -0.142. The van der Waals surface area contributed by atoms with Crippen LogP contribution in [0.4, 0.5) is 0 Å². The van der Waals surface area contributed by atoms with Crippen LogP contribution in [0.25, 0.3) is 0 Å². The van der Waals surface area contributed by atoms with Gasteiger partial charge in [0.1, 0.15) is 5.60 Å².